The van der Waals surface area contributed by atoms with Gasteiger partial charge in [-0.3, -0.25) is 14.4 Å². The zero-order valence-corrected chi connectivity index (χ0v) is 30.4. The Morgan fingerprint density at radius 1 is 0.903 bits per heavy atom. The van der Waals surface area contributed by atoms with Crippen molar-refractivity contribution in [1.82, 2.24) is 5.32 Å². The third kappa shape index (κ3) is 54.6. The zero-order valence-electron chi connectivity index (χ0n) is 19.7. The van der Waals surface area contributed by atoms with Crippen molar-refractivity contribution in [1.29, 1.82) is 0 Å². The van der Waals surface area contributed by atoms with Gasteiger partial charge in [-0.05, 0) is 37.3 Å². The molecule has 192 valence electrons. The van der Waals surface area contributed by atoms with Gasteiger partial charge in [-0.1, -0.05) is 40.5 Å². The van der Waals surface area contributed by atoms with Gasteiger partial charge < -0.3 is 21.5 Å². The molecule has 0 fully saturated rings. The van der Waals surface area contributed by atoms with E-state index < -0.39 is 11.9 Å². The van der Waals surface area contributed by atoms with Crippen LogP contribution in [-0.4, -0.2) is 37.5 Å². The number of halogens is 5. The van der Waals surface area contributed by atoms with Gasteiger partial charge in [-0.2, -0.15) is 0 Å². The Hall–Kier alpha value is 2.18. The second-order valence-corrected chi connectivity index (χ2v) is 22.9. The number of carbonyl (C=O) groups is 3. The molecule has 0 bridgehead atoms. The topological polar surface area (TPSA) is 125 Å². The van der Waals surface area contributed by atoms with E-state index in [2.05, 4.69) is 112 Å². The van der Waals surface area contributed by atoms with Crippen LogP contribution in [0.15, 0.2) is 0 Å². The quantitative estimate of drug-likeness (QED) is 0.196. The van der Waals surface area contributed by atoms with Crippen molar-refractivity contribution in [2.45, 2.75) is 67.7 Å². The molecule has 0 saturated heterocycles. The van der Waals surface area contributed by atoms with Gasteiger partial charge in [0.2, 0.25) is 5.91 Å². The van der Waals surface area contributed by atoms with Gasteiger partial charge in [0.25, 0.3) is 0 Å². The van der Waals surface area contributed by atoms with Gasteiger partial charge >= 0.3 is 62.4 Å². The Bertz CT molecular complexity index is 389. The first-order valence-corrected chi connectivity index (χ1v) is 28.7. The SMILES string of the molecule is CC(=O)OC(C)=O.CCC(C)CN.CCC(CN)CC(C)CNC(C)=O.II.I[I-]I. The summed E-state index contributed by atoms with van der Waals surface area (Å²) in [5, 5.41) is 2.82. The third-order valence-electron chi connectivity index (χ3n) is 3.73. The van der Waals surface area contributed by atoms with E-state index in [1.165, 1.54) is 20.3 Å². The minimum atomic E-state index is -0.562. The van der Waals surface area contributed by atoms with Gasteiger partial charge in [-0.15, -0.1) is 0 Å². The standard InChI is InChI=1S/C10H22N2O.C5H13N.C4H6O3.I3.I2/c1-4-10(6-11)5-8(2)7-12-9(3)13;1-3-5(2)4-6;1-3(5)7-4(2)6;1-3-2;1-2/h8,10H,4-7,11H2,1-3H3,(H,12,13);5H,3-4,6H2,1-2H3;1-2H3;;/q;;;-1;. The van der Waals surface area contributed by atoms with Gasteiger partial charge in [0.1, 0.15) is 0 Å². The van der Waals surface area contributed by atoms with Crippen molar-refractivity contribution in [3.05, 3.63) is 0 Å². The molecule has 3 atom stereocenters. The zero-order chi connectivity index (χ0) is 25.8. The monoisotopic (exact) mass is 1010 g/mol. The number of esters is 2. The number of amides is 1. The van der Waals surface area contributed by atoms with Gasteiger partial charge in [-0.25, -0.2) is 0 Å². The van der Waals surface area contributed by atoms with Crippen LogP contribution in [0.25, 0.3) is 0 Å². The van der Waals surface area contributed by atoms with E-state index in [0.717, 1.165) is 32.5 Å². The molecule has 0 aromatic carbocycles. The molecular weight excluding hydrogens is 969 g/mol. The number of hydrogen-bond acceptors (Lipinski definition) is 6. The molecular formula is C19H41I5N3O4-. The Balaban J connectivity index is -0.000000106. The first kappa shape index (κ1) is 43.3. The molecule has 12 heteroatoms. The molecule has 0 aliphatic rings. The van der Waals surface area contributed by atoms with Crippen molar-refractivity contribution in [3.8, 4) is 0 Å². The van der Waals surface area contributed by atoms with Crippen molar-refractivity contribution in [2.24, 2.45) is 29.2 Å². The molecule has 0 radical (unpaired) electrons. The Kier molecular flexibility index (Phi) is 51.3. The van der Waals surface area contributed by atoms with E-state index in [0.29, 0.717) is 31.0 Å². The average Bonchev–Trinajstić information content (AvgIpc) is 2.71. The van der Waals surface area contributed by atoms with E-state index >= 15 is 0 Å². The molecule has 0 spiro atoms. The maximum absolute atomic E-state index is 10.6. The summed E-state index contributed by atoms with van der Waals surface area (Å²) in [6.45, 7) is 14.9. The fraction of sp³-hybridized carbons (Fsp3) is 0.842. The molecule has 0 heterocycles. The van der Waals surface area contributed by atoms with E-state index in [1.807, 2.05) is 0 Å². The molecule has 0 aliphatic carbocycles. The predicted molar refractivity (Wildman–Crippen MR) is 162 cm³/mol. The van der Waals surface area contributed by atoms with Crippen LogP contribution >= 0.6 is 74.5 Å². The van der Waals surface area contributed by atoms with E-state index in [-0.39, 0.29) is 5.91 Å². The van der Waals surface area contributed by atoms with Gasteiger partial charge in [0.15, 0.2) is 0 Å². The Morgan fingerprint density at radius 2 is 1.32 bits per heavy atom. The van der Waals surface area contributed by atoms with E-state index in [4.69, 9.17) is 11.5 Å². The normalized spacial score (nSPS) is 11.8. The number of nitrogens with two attached hydrogens (primary N) is 2. The number of carbonyl (C=O) groups excluding carboxylic acids is 3. The third-order valence-corrected chi connectivity index (χ3v) is 3.73. The summed E-state index contributed by atoms with van der Waals surface area (Å²) in [7, 11) is 0. The van der Waals surface area contributed by atoms with Crippen LogP contribution in [0.3, 0.4) is 0 Å². The maximum atomic E-state index is 10.6. The van der Waals surface area contributed by atoms with E-state index in [1.54, 1.807) is 6.92 Å². The molecule has 5 N–H and O–H groups in total. The van der Waals surface area contributed by atoms with Crippen molar-refractivity contribution >= 4 is 92.3 Å². The second kappa shape index (κ2) is 36.7. The van der Waals surface area contributed by atoms with Crippen molar-refractivity contribution < 1.29 is 32.4 Å². The Morgan fingerprint density at radius 3 is 1.48 bits per heavy atom. The number of nitrogens with one attached hydrogen (secondary N) is 1. The molecule has 3 unspecified atom stereocenters. The second-order valence-electron chi connectivity index (χ2n) is 6.68. The van der Waals surface area contributed by atoms with E-state index in [9.17, 15) is 14.4 Å². The Labute approximate surface area is 243 Å². The fourth-order valence-corrected chi connectivity index (χ4v) is 1.77. The molecule has 0 rings (SSSR count). The van der Waals surface area contributed by atoms with Crippen LogP contribution in [0.1, 0.15) is 67.7 Å². The summed E-state index contributed by atoms with van der Waals surface area (Å²) in [4.78, 5) is 30.3. The number of rotatable bonds is 8. The molecule has 0 aromatic heterocycles. The van der Waals surface area contributed by atoms with Gasteiger partial charge in [0, 0.05) is 64.5 Å². The van der Waals surface area contributed by atoms with Crippen molar-refractivity contribution in [2.75, 3.05) is 19.6 Å². The average molecular weight is 1010 g/mol. The molecule has 0 aliphatic heterocycles. The first-order valence-electron chi connectivity index (χ1n) is 9.80. The fourth-order valence-electron chi connectivity index (χ4n) is 1.77. The molecule has 1 amide bonds. The van der Waals surface area contributed by atoms with Crippen LogP contribution in [-0.2, 0) is 19.1 Å². The molecule has 31 heavy (non-hydrogen) atoms. The van der Waals surface area contributed by atoms with Crippen LogP contribution in [0.2, 0.25) is 0 Å². The molecule has 7 nitrogen and oxygen atoms in total. The summed E-state index contributed by atoms with van der Waals surface area (Å²) in [5.74, 6) is 0.763. The van der Waals surface area contributed by atoms with Crippen LogP contribution in [0, 0.1) is 17.8 Å². The van der Waals surface area contributed by atoms with Crippen LogP contribution in [0.5, 0.6) is 0 Å². The summed E-state index contributed by atoms with van der Waals surface area (Å²) in [6, 6.07) is 0. The van der Waals surface area contributed by atoms with Crippen molar-refractivity contribution in [3.63, 3.8) is 0 Å². The number of hydrogen-bond donors (Lipinski definition) is 3. The summed E-state index contributed by atoms with van der Waals surface area (Å²) in [6.07, 6.45) is 3.44. The summed E-state index contributed by atoms with van der Waals surface area (Å²) in [5.41, 5.74) is 10.9. The van der Waals surface area contributed by atoms with Crippen LogP contribution < -0.4 is 30.0 Å². The summed E-state index contributed by atoms with van der Waals surface area (Å²) >= 11 is 9.54. The van der Waals surface area contributed by atoms with Gasteiger partial charge in [0.05, 0.1) is 0 Å². The minimum absolute atomic E-state index is 0.0487. The summed E-state index contributed by atoms with van der Waals surface area (Å²) < 4.78 is 3.97. The first-order chi connectivity index (χ1) is 14.4. The molecule has 0 saturated carbocycles. The predicted octanol–water partition coefficient (Wildman–Crippen LogP) is 2.77. The molecule has 0 aromatic rings. The number of ether oxygens (including phenoxy) is 1. The van der Waals surface area contributed by atoms with Crippen LogP contribution in [0.4, 0.5) is 0 Å².